The van der Waals surface area contributed by atoms with Crippen LogP contribution in [0.4, 0.5) is 0 Å². The van der Waals surface area contributed by atoms with Gasteiger partial charge in [0.15, 0.2) is 0 Å². The number of phenolic OH excluding ortho intramolecular Hbond substituents is 1. The maximum absolute atomic E-state index is 9.92. The van der Waals surface area contributed by atoms with Gasteiger partial charge in [0.25, 0.3) is 0 Å². The monoisotopic (exact) mass is 257 g/mol. The first kappa shape index (κ1) is 11.5. The Hall–Kier alpha value is -0.540. The van der Waals surface area contributed by atoms with Crippen molar-refractivity contribution in [3.05, 3.63) is 27.2 Å². The predicted molar refractivity (Wildman–Crippen MR) is 62.7 cm³/mol. The van der Waals surface area contributed by atoms with E-state index in [4.69, 9.17) is 5.73 Å². The normalized spacial score (nSPS) is 10.6. The van der Waals surface area contributed by atoms with Crippen LogP contribution in [0.2, 0.25) is 0 Å². The molecule has 0 aliphatic heterocycles. The Balaban J connectivity index is 3.09. The fourth-order valence-corrected chi connectivity index (χ4v) is 2.04. The summed E-state index contributed by atoms with van der Waals surface area (Å²) in [5, 5.41) is 9.92. The maximum Gasteiger partial charge on any atom is 0.123 e. The lowest BCUT2D eigenvalue weighted by Gasteiger charge is -2.12. The van der Waals surface area contributed by atoms with E-state index in [1.54, 1.807) is 0 Å². The molecular weight excluding hydrogens is 242 g/mol. The largest absolute Gasteiger partial charge is 0.507 e. The number of halogens is 1. The van der Waals surface area contributed by atoms with Gasteiger partial charge in [0.1, 0.15) is 5.75 Å². The molecule has 0 spiro atoms. The average molecular weight is 258 g/mol. The van der Waals surface area contributed by atoms with Crippen LogP contribution in [0, 0.1) is 13.8 Å². The number of aryl methyl sites for hydroxylation is 1. The smallest absolute Gasteiger partial charge is 0.123 e. The fourth-order valence-electron chi connectivity index (χ4n) is 1.51. The Morgan fingerprint density at radius 2 is 2.07 bits per heavy atom. The van der Waals surface area contributed by atoms with E-state index >= 15 is 0 Å². The van der Waals surface area contributed by atoms with Crippen molar-refractivity contribution in [1.29, 1.82) is 0 Å². The molecule has 3 N–H and O–H groups in total. The van der Waals surface area contributed by atoms with Crippen molar-refractivity contribution in [3.8, 4) is 5.75 Å². The summed E-state index contributed by atoms with van der Waals surface area (Å²) in [6.45, 7) is 4.58. The summed E-state index contributed by atoms with van der Waals surface area (Å²) in [5.74, 6) is 0.408. The second-order valence-electron chi connectivity index (χ2n) is 3.52. The average Bonchev–Trinajstić information content (AvgIpc) is 2.14. The van der Waals surface area contributed by atoms with Gasteiger partial charge in [-0.3, -0.25) is 0 Å². The number of benzene rings is 1. The molecule has 0 heterocycles. The molecule has 78 valence electrons. The summed E-state index contributed by atoms with van der Waals surface area (Å²) in [4.78, 5) is 0. The number of hydrogen-bond donors (Lipinski definition) is 2. The van der Waals surface area contributed by atoms with Crippen LogP contribution < -0.4 is 5.73 Å². The highest BCUT2D eigenvalue weighted by molar-refractivity contribution is 9.10. The summed E-state index contributed by atoms with van der Waals surface area (Å²) in [5.41, 5.74) is 8.50. The molecule has 0 saturated carbocycles. The van der Waals surface area contributed by atoms with Crippen LogP contribution in [-0.2, 0) is 6.42 Å². The fraction of sp³-hybridized carbons (Fsp3) is 0.455. The number of hydrogen-bond acceptors (Lipinski definition) is 2. The van der Waals surface area contributed by atoms with Gasteiger partial charge in [0, 0.05) is 10.0 Å². The van der Waals surface area contributed by atoms with E-state index in [0.29, 0.717) is 12.3 Å². The molecule has 0 aliphatic carbocycles. The van der Waals surface area contributed by atoms with E-state index in [9.17, 15) is 5.11 Å². The van der Waals surface area contributed by atoms with Gasteiger partial charge in [-0.1, -0.05) is 15.9 Å². The topological polar surface area (TPSA) is 46.2 Å². The zero-order chi connectivity index (χ0) is 10.7. The second-order valence-corrected chi connectivity index (χ2v) is 4.37. The van der Waals surface area contributed by atoms with Gasteiger partial charge in [-0.2, -0.15) is 0 Å². The van der Waals surface area contributed by atoms with Crippen LogP contribution in [0.15, 0.2) is 10.5 Å². The Labute approximate surface area is 93.3 Å². The Kier molecular flexibility index (Phi) is 3.96. The minimum Gasteiger partial charge on any atom is -0.507 e. The van der Waals surface area contributed by atoms with Gasteiger partial charge in [-0.05, 0) is 50.4 Å². The van der Waals surface area contributed by atoms with Crippen LogP contribution in [0.5, 0.6) is 5.75 Å². The van der Waals surface area contributed by atoms with Crippen LogP contribution in [0.25, 0.3) is 0 Å². The van der Waals surface area contributed by atoms with Crippen LogP contribution in [-0.4, -0.2) is 11.7 Å². The minimum atomic E-state index is 0.408. The Morgan fingerprint density at radius 3 is 2.64 bits per heavy atom. The standard InChI is InChI=1S/C11H16BrNO/c1-7-6-10(12)8(2)11(14)9(7)4-3-5-13/h6,14H,3-5,13H2,1-2H3. The molecule has 0 fully saturated rings. The summed E-state index contributed by atoms with van der Waals surface area (Å²) >= 11 is 3.41. The molecule has 1 aromatic carbocycles. The quantitative estimate of drug-likeness (QED) is 0.875. The third-order valence-electron chi connectivity index (χ3n) is 2.45. The molecular formula is C11H16BrNO. The van der Waals surface area contributed by atoms with E-state index in [-0.39, 0.29) is 0 Å². The van der Waals surface area contributed by atoms with Crippen molar-refractivity contribution in [2.24, 2.45) is 5.73 Å². The maximum atomic E-state index is 9.92. The van der Waals surface area contributed by atoms with Crippen molar-refractivity contribution >= 4 is 15.9 Å². The molecule has 0 unspecified atom stereocenters. The zero-order valence-corrected chi connectivity index (χ0v) is 10.2. The molecule has 0 saturated heterocycles. The van der Waals surface area contributed by atoms with Crippen molar-refractivity contribution in [1.82, 2.24) is 0 Å². The molecule has 1 aromatic rings. The first-order chi connectivity index (χ1) is 6.57. The highest BCUT2D eigenvalue weighted by Gasteiger charge is 2.10. The lowest BCUT2D eigenvalue weighted by molar-refractivity contribution is 0.462. The van der Waals surface area contributed by atoms with E-state index < -0.39 is 0 Å². The van der Waals surface area contributed by atoms with Crippen molar-refractivity contribution in [3.63, 3.8) is 0 Å². The first-order valence-electron chi connectivity index (χ1n) is 4.75. The van der Waals surface area contributed by atoms with Crippen molar-refractivity contribution in [2.75, 3.05) is 6.54 Å². The number of rotatable bonds is 3. The SMILES string of the molecule is Cc1cc(Br)c(C)c(O)c1CCCN. The molecule has 1 rings (SSSR count). The second kappa shape index (κ2) is 4.80. The van der Waals surface area contributed by atoms with Crippen molar-refractivity contribution in [2.45, 2.75) is 26.7 Å². The Bertz CT molecular complexity index is 337. The molecule has 0 radical (unpaired) electrons. The summed E-state index contributed by atoms with van der Waals surface area (Å²) < 4.78 is 0.962. The molecule has 0 bridgehead atoms. The predicted octanol–water partition coefficient (Wildman–Crippen LogP) is 2.66. The van der Waals surface area contributed by atoms with E-state index in [1.807, 2.05) is 19.9 Å². The lowest BCUT2D eigenvalue weighted by atomic mass is 10.00. The van der Waals surface area contributed by atoms with E-state index in [0.717, 1.165) is 34.0 Å². The number of phenols is 1. The molecule has 0 atom stereocenters. The van der Waals surface area contributed by atoms with Crippen molar-refractivity contribution < 1.29 is 5.11 Å². The summed E-state index contributed by atoms with van der Waals surface area (Å²) in [6.07, 6.45) is 1.76. The molecule has 2 nitrogen and oxygen atoms in total. The van der Waals surface area contributed by atoms with Gasteiger partial charge in [0.05, 0.1) is 0 Å². The molecule has 14 heavy (non-hydrogen) atoms. The molecule has 0 amide bonds. The highest BCUT2D eigenvalue weighted by atomic mass is 79.9. The lowest BCUT2D eigenvalue weighted by Crippen LogP contribution is -2.02. The van der Waals surface area contributed by atoms with E-state index in [2.05, 4.69) is 15.9 Å². The number of aromatic hydroxyl groups is 1. The van der Waals surface area contributed by atoms with Gasteiger partial charge >= 0.3 is 0 Å². The molecule has 0 aliphatic rings. The van der Waals surface area contributed by atoms with Gasteiger partial charge in [0.2, 0.25) is 0 Å². The van der Waals surface area contributed by atoms with Crippen LogP contribution in [0.3, 0.4) is 0 Å². The summed E-state index contributed by atoms with van der Waals surface area (Å²) in [7, 11) is 0. The van der Waals surface area contributed by atoms with Gasteiger partial charge in [-0.15, -0.1) is 0 Å². The third-order valence-corrected chi connectivity index (χ3v) is 3.27. The zero-order valence-electron chi connectivity index (χ0n) is 8.60. The molecule has 0 aromatic heterocycles. The highest BCUT2D eigenvalue weighted by Crippen LogP contribution is 2.32. The van der Waals surface area contributed by atoms with E-state index in [1.165, 1.54) is 0 Å². The minimum absolute atomic E-state index is 0.408. The molecule has 3 heteroatoms. The van der Waals surface area contributed by atoms with Gasteiger partial charge < -0.3 is 10.8 Å². The third kappa shape index (κ3) is 2.28. The van der Waals surface area contributed by atoms with Crippen LogP contribution in [0.1, 0.15) is 23.1 Å². The Morgan fingerprint density at radius 1 is 1.43 bits per heavy atom. The first-order valence-corrected chi connectivity index (χ1v) is 5.54. The number of nitrogens with two attached hydrogens (primary N) is 1. The van der Waals surface area contributed by atoms with Crippen LogP contribution >= 0.6 is 15.9 Å². The van der Waals surface area contributed by atoms with Gasteiger partial charge in [-0.25, -0.2) is 0 Å². The summed E-state index contributed by atoms with van der Waals surface area (Å²) in [6, 6.07) is 2.04.